The van der Waals surface area contributed by atoms with Gasteiger partial charge in [0.25, 0.3) is 0 Å². The van der Waals surface area contributed by atoms with Crippen molar-refractivity contribution in [2.24, 2.45) is 5.92 Å². The smallest absolute Gasteiger partial charge is 0.238 e. The van der Waals surface area contributed by atoms with Gasteiger partial charge in [-0.1, -0.05) is 42.5 Å². The largest absolute Gasteiger partial charge is 0.323 e. The van der Waals surface area contributed by atoms with Gasteiger partial charge in [0, 0.05) is 24.4 Å². The molecule has 6 heteroatoms. The van der Waals surface area contributed by atoms with Crippen LogP contribution in [-0.2, 0) is 9.59 Å². The summed E-state index contributed by atoms with van der Waals surface area (Å²) in [6.45, 7) is 2.43. The number of nitrogens with one attached hydrogen (secondary N) is 1. The Bertz CT molecular complexity index is 920. The van der Waals surface area contributed by atoms with E-state index in [2.05, 4.69) is 10.2 Å². The molecule has 2 aromatic carbocycles. The van der Waals surface area contributed by atoms with Crippen molar-refractivity contribution >= 4 is 29.0 Å². The Morgan fingerprint density at radius 1 is 0.933 bits per heavy atom. The highest BCUT2D eigenvalue weighted by atomic mass is 16.2. The molecule has 2 aliphatic heterocycles. The lowest BCUT2D eigenvalue weighted by Crippen LogP contribution is -2.41. The van der Waals surface area contributed by atoms with Crippen LogP contribution in [0.2, 0.25) is 0 Å². The van der Waals surface area contributed by atoms with Crippen molar-refractivity contribution < 1.29 is 14.4 Å². The Kier molecular flexibility index (Phi) is 6.23. The van der Waals surface area contributed by atoms with Crippen LogP contribution in [0.4, 0.5) is 11.4 Å². The Morgan fingerprint density at radius 2 is 1.63 bits per heavy atom. The number of anilines is 2. The molecule has 2 aromatic rings. The summed E-state index contributed by atoms with van der Waals surface area (Å²) in [5.41, 5.74) is 2.20. The molecule has 30 heavy (non-hydrogen) atoms. The van der Waals surface area contributed by atoms with Crippen molar-refractivity contribution in [1.82, 2.24) is 4.90 Å². The van der Waals surface area contributed by atoms with Crippen molar-refractivity contribution in [1.29, 1.82) is 0 Å². The van der Waals surface area contributed by atoms with Crippen LogP contribution in [0.15, 0.2) is 54.6 Å². The number of carbonyl (C=O) groups excluding carboxylic acids is 3. The molecule has 0 radical (unpaired) electrons. The molecular weight excluding hydrogens is 378 g/mol. The fourth-order valence-corrected chi connectivity index (χ4v) is 4.30. The van der Waals surface area contributed by atoms with Crippen LogP contribution in [0, 0.1) is 5.92 Å². The van der Waals surface area contributed by atoms with Gasteiger partial charge in [-0.2, -0.15) is 0 Å². The lowest BCUT2D eigenvalue weighted by molar-refractivity contribution is -0.118. The first-order valence-corrected chi connectivity index (χ1v) is 10.6. The van der Waals surface area contributed by atoms with E-state index in [0.717, 1.165) is 43.6 Å². The van der Waals surface area contributed by atoms with E-state index >= 15 is 0 Å². The van der Waals surface area contributed by atoms with E-state index in [4.69, 9.17) is 0 Å². The number of carbonyl (C=O) groups is 3. The first-order valence-electron chi connectivity index (χ1n) is 10.6. The number of para-hydroxylation sites is 2. The zero-order valence-corrected chi connectivity index (χ0v) is 17.0. The number of piperidine rings is 1. The molecular formula is C24H27N3O3. The second-order valence-electron chi connectivity index (χ2n) is 7.99. The molecule has 0 bridgehead atoms. The molecule has 0 unspecified atom stereocenters. The molecule has 1 N–H and O–H groups in total. The zero-order valence-electron chi connectivity index (χ0n) is 17.0. The second-order valence-corrected chi connectivity index (χ2v) is 7.99. The minimum Gasteiger partial charge on any atom is -0.323 e. The van der Waals surface area contributed by atoms with Gasteiger partial charge < -0.3 is 10.2 Å². The van der Waals surface area contributed by atoms with Crippen molar-refractivity contribution in [3.63, 3.8) is 0 Å². The van der Waals surface area contributed by atoms with Crippen LogP contribution in [0.1, 0.15) is 36.0 Å². The Balaban J connectivity index is 1.31. The van der Waals surface area contributed by atoms with Gasteiger partial charge in [0.15, 0.2) is 5.78 Å². The predicted molar refractivity (Wildman–Crippen MR) is 117 cm³/mol. The summed E-state index contributed by atoms with van der Waals surface area (Å²) in [6, 6.07) is 16.9. The molecule has 2 amide bonds. The highest BCUT2D eigenvalue weighted by Crippen LogP contribution is 2.29. The van der Waals surface area contributed by atoms with Gasteiger partial charge in [0.2, 0.25) is 11.8 Å². The third kappa shape index (κ3) is 4.60. The van der Waals surface area contributed by atoms with Crippen LogP contribution in [0.25, 0.3) is 0 Å². The lowest BCUT2D eigenvalue weighted by atomic mass is 9.89. The third-order valence-corrected chi connectivity index (χ3v) is 5.93. The summed E-state index contributed by atoms with van der Waals surface area (Å²) in [5, 5.41) is 2.97. The number of Topliss-reactive ketones (excluding diaryl/α,β-unsaturated/α-hetero) is 1. The quantitative estimate of drug-likeness (QED) is 0.749. The second kappa shape index (κ2) is 9.22. The standard InChI is InChI=1S/C24H27N3O3/c28-22(25-20-9-4-5-10-21(20)27-14-6-11-23(27)29)17-26-15-12-19(13-16-26)24(30)18-7-2-1-3-8-18/h1-5,7-10,19H,6,11-17H2,(H,25,28). The fourth-order valence-electron chi connectivity index (χ4n) is 4.30. The zero-order chi connectivity index (χ0) is 20.9. The molecule has 0 saturated carbocycles. The Hall–Kier alpha value is -2.99. The van der Waals surface area contributed by atoms with Crippen LogP contribution in [0.5, 0.6) is 0 Å². The van der Waals surface area contributed by atoms with E-state index in [-0.39, 0.29) is 30.1 Å². The van der Waals surface area contributed by atoms with Gasteiger partial charge in [-0.15, -0.1) is 0 Å². The average molecular weight is 405 g/mol. The maximum atomic E-state index is 12.6. The summed E-state index contributed by atoms with van der Waals surface area (Å²) in [5.74, 6) is 0.223. The van der Waals surface area contributed by atoms with E-state index in [9.17, 15) is 14.4 Å². The van der Waals surface area contributed by atoms with Gasteiger partial charge in [-0.25, -0.2) is 0 Å². The van der Waals surface area contributed by atoms with Crippen LogP contribution >= 0.6 is 0 Å². The number of hydrogen-bond donors (Lipinski definition) is 1. The van der Waals surface area contributed by atoms with Crippen LogP contribution in [-0.4, -0.2) is 48.7 Å². The molecule has 0 aliphatic carbocycles. The monoisotopic (exact) mass is 405 g/mol. The number of benzene rings is 2. The van der Waals surface area contributed by atoms with Crippen molar-refractivity contribution in [3.05, 3.63) is 60.2 Å². The average Bonchev–Trinajstić information content (AvgIpc) is 3.20. The predicted octanol–water partition coefficient (Wildman–Crippen LogP) is 3.35. The molecule has 0 aromatic heterocycles. The van der Waals surface area contributed by atoms with Gasteiger partial charge in [0.1, 0.15) is 0 Å². The lowest BCUT2D eigenvalue weighted by Gasteiger charge is -2.31. The summed E-state index contributed by atoms with van der Waals surface area (Å²) >= 11 is 0. The maximum Gasteiger partial charge on any atom is 0.238 e. The van der Waals surface area contributed by atoms with Gasteiger partial charge in [-0.05, 0) is 44.5 Å². The van der Waals surface area contributed by atoms with Crippen LogP contribution in [0.3, 0.4) is 0 Å². The van der Waals surface area contributed by atoms with E-state index in [0.29, 0.717) is 18.7 Å². The minimum atomic E-state index is -0.0954. The number of ketones is 1. The molecule has 0 atom stereocenters. The van der Waals surface area contributed by atoms with Gasteiger partial charge >= 0.3 is 0 Å². The summed E-state index contributed by atoms with van der Waals surface area (Å²) in [6.07, 6.45) is 2.93. The van der Waals surface area contributed by atoms with E-state index in [1.165, 1.54) is 0 Å². The maximum absolute atomic E-state index is 12.6. The topological polar surface area (TPSA) is 69.7 Å². The first-order chi connectivity index (χ1) is 14.6. The molecule has 156 valence electrons. The first kappa shape index (κ1) is 20.3. The van der Waals surface area contributed by atoms with Crippen LogP contribution < -0.4 is 10.2 Å². The normalized spacial score (nSPS) is 17.9. The molecule has 2 aliphatic rings. The van der Waals surface area contributed by atoms with Gasteiger partial charge in [0.05, 0.1) is 17.9 Å². The summed E-state index contributed by atoms with van der Waals surface area (Å²) in [4.78, 5) is 41.2. The van der Waals surface area contributed by atoms with E-state index in [1.54, 1.807) is 4.90 Å². The van der Waals surface area contributed by atoms with Gasteiger partial charge in [-0.3, -0.25) is 19.3 Å². The minimum absolute atomic E-state index is 0.0219. The summed E-state index contributed by atoms with van der Waals surface area (Å²) < 4.78 is 0. The number of amides is 2. The Morgan fingerprint density at radius 3 is 2.33 bits per heavy atom. The fraction of sp³-hybridized carbons (Fsp3) is 0.375. The molecule has 2 saturated heterocycles. The van der Waals surface area contributed by atoms with Crippen molar-refractivity contribution in [2.75, 3.05) is 36.4 Å². The molecule has 2 heterocycles. The number of likely N-dealkylation sites (tertiary alicyclic amines) is 1. The van der Waals surface area contributed by atoms with Crippen molar-refractivity contribution in [3.8, 4) is 0 Å². The third-order valence-electron chi connectivity index (χ3n) is 5.93. The number of hydrogen-bond acceptors (Lipinski definition) is 4. The molecule has 6 nitrogen and oxygen atoms in total. The molecule has 2 fully saturated rings. The van der Waals surface area contributed by atoms with E-state index < -0.39 is 0 Å². The number of rotatable bonds is 6. The SMILES string of the molecule is O=C(CN1CCC(C(=O)c2ccccc2)CC1)Nc1ccccc1N1CCCC1=O. The highest BCUT2D eigenvalue weighted by Gasteiger charge is 2.27. The summed E-state index contributed by atoms with van der Waals surface area (Å²) in [7, 11) is 0. The molecule has 0 spiro atoms. The van der Waals surface area contributed by atoms with E-state index in [1.807, 2.05) is 54.6 Å². The number of nitrogens with zero attached hydrogens (tertiary/aromatic N) is 2. The molecule has 4 rings (SSSR count). The highest BCUT2D eigenvalue weighted by molar-refractivity contribution is 6.02. The van der Waals surface area contributed by atoms with Crippen molar-refractivity contribution in [2.45, 2.75) is 25.7 Å². The Labute approximate surface area is 176 Å².